The maximum Gasteiger partial charge on any atom is 1.00 e. The van der Waals surface area contributed by atoms with E-state index in [1.807, 2.05) is 0 Å². The van der Waals surface area contributed by atoms with Crippen molar-refractivity contribution in [1.29, 1.82) is 0 Å². The van der Waals surface area contributed by atoms with Gasteiger partial charge in [-0.1, -0.05) is 0 Å². The summed E-state index contributed by atoms with van der Waals surface area (Å²) in [5, 5.41) is -0.679. The molecule has 126 valence electrons. The van der Waals surface area contributed by atoms with E-state index in [0.717, 1.165) is 12.1 Å². The Balaban J connectivity index is 0.00000288. The maximum atomic E-state index is 11.4. The van der Waals surface area contributed by atoms with Gasteiger partial charge in [0.25, 0.3) is 20.2 Å². The van der Waals surface area contributed by atoms with Gasteiger partial charge in [0.15, 0.2) is 0 Å². The molecule has 0 aliphatic heterocycles. The minimum Gasteiger partial charge on any atom is -0.744 e. The van der Waals surface area contributed by atoms with Crippen LogP contribution in [-0.4, -0.2) is 38.9 Å². The van der Waals surface area contributed by atoms with Gasteiger partial charge < -0.3 is 10.3 Å². The first-order chi connectivity index (χ1) is 10.2. The van der Waals surface area contributed by atoms with E-state index in [9.17, 15) is 34.4 Å². The Morgan fingerprint density at radius 2 is 1.38 bits per heavy atom. The predicted molar refractivity (Wildman–Crippen MR) is 76.0 cm³/mol. The van der Waals surface area contributed by atoms with Crippen LogP contribution in [0.4, 0.5) is 5.69 Å². The molecule has 0 spiro atoms. The molecule has 24 heavy (non-hydrogen) atoms. The zero-order valence-electron chi connectivity index (χ0n) is 11.9. The Hall–Kier alpha value is -0.134. The molecular formula is C10H8KNO9S3. The minimum atomic E-state index is -5.02. The Kier molecular flexibility index (Phi) is 6.28. The predicted octanol–water partition coefficient (Wildman–Crippen LogP) is -3.18. The van der Waals surface area contributed by atoms with Crippen molar-refractivity contribution in [3.63, 3.8) is 0 Å². The molecule has 14 heteroatoms. The van der Waals surface area contributed by atoms with Crippen LogP contribution in [-0.2, 0) is 30.4 Å². The van der Waals surface area contributed by atoms with E-state index in [2.05, 4.69) is 0 Å². The average Bonchev–Trinajstić information content (AvgIpc) is 2.32. The maximum absolute atomic E-state index is 11.4. The summed E-state index contributed by atoms with van der Waals surface area (Å²) in [6.07, 6.45) is 0. The molecule has 0 saturated carbocycles. The van der Waals surface area contributed by atoms with Gasteiger partial charge in [-0.2, -0.15) is 16.8 Å². The molecule has 0 atom stereocenters. The molecule has 2 rings (SSSR count). The average molecular weight is 421 g/mol. The summed E-state index contributed by atoms with van der Waals surface area (Å²) in [5.41, 5.74) is 4.80. The van der Waals surface area contributed by atoms with Crippen LogP contribution >= 0.6 is 0 Å². The summed E-state index contributed by atoms with van der Waals surface area (Å²) in [5.74, 6) is 0. The number of rotatable bonds is 3. The summed E-state index contributed by atoms with van der Waals surface area (Å²) in [7, 11) is -14.8. The normalized spacial score (nSPS) is 12.8. The molecule has 0 unspecified atom stereocenters. The van der Waals surface area contributed by atoms with E-state index in [4.69, 9.17) is 10.3 Å². The third-order valence-electron chi connectivity index (χ3n) is 2.86. The molecule has 0 amide bonds. The van der Waals surface area contributed by atoms with Gasteiger partial charge in [-0.05, 0) is 29.7 Å². The van der Waals surface area contributed by atoms with Gasteiger partial charge in [-0.15, -0.1) is 0 Å². The fraction of sp³-hybridized carbons (Fsp3) is 0. The Morgan fingerprint density at radius 1 is 0.833 bits per heavy atom. The van der Waals surface area contributed by atoms with Crippen molar-refractivity contribution in [2.75, 3.05) is 5.73 Å². The molecule has 0 aliphatic rings. The molecule has 0 aliphatic carbocycles. The largest absolute Gasteiger partial charge is 1.00 e. The van der Waals surface area contributed by atoms with Crippen molar-refractivity contribution in [3.8, 4) is 0 Å². The van der Waals surface area contributed by atoms with Gasteiger partial charge in [-0.25, -0.2) is 8.42 Å². The van der Waals surface area contributed by atoms with Crippen LogP contribution in [0, 0.1) is 0 Å². The van der Waals surface area contributed by atoms with Gasteiger partial charge >= 0.3 is 51.4 Å². The van der Waals surface area contributed by atoms with E-state index >= 15 is 0 Å². The zero-order valence-corrected chi connectivity index (χ0v) is 17.4. The number of anilines is 1. The van der Waals surface area contributed by atoms with Crippen LogP contribution < -0.4 is 57.1 Å². The van der Waals surface area contributed by atoms with Crippen LogP contribution in [0.25, 0.3) is 10.8 Å². The summed E-state index contributed by atoms with van der Waals surface area (Å²) >= 11 is 0. The Morgan fingerprint density at radius 3 is 1.79 bits per heavy atom. The first-order valence-corrected chi connectivity index (χ1v) is 9.78. The van der Waals surface area contributed by atoms with Crippen molar-refractivity contribution in [1.82, 2.24) is 0 Å². The first kappa shape index (κ1) is 21.9. The van der Waals surface area contributed by atoms with E-state index in [0.29, 0.717) is 12.1 Å². The van der Waals surface area contributed by atoms with Crippen LogP contribution in [0.5, 0.6) is 0 Å². The second-order valence-electron chi connectivity index (χ2n) is 4.44. The number of benzene rings is 2. The fourth-order valence-electron chi connectivity index (χ4n) is 1.93. The zero-order chi connectivity index (χ0) is 17.8. The summed E-state index contributed by atoms with van der Waals surface area (Å²) in [6, 6.07) is 2.64. The smallest absolute Gasteiger partial charge is 0.744 e. The second kappa shape index (κ2) is 6.88. The van der Waals surface area contributed by atoms with E-state index in [-0.39, 0.29) is 62.2 Å². The number of hydrogen-bond donors (Lipinski definition) is 3. The molecule has 0 bridgehead atoms. The quantitative estimate of drug-likeness (QED) is 0.258. The van der Waals surface area contributed by atoms with Crippen molar-refractivity contribution in [2.24, 2.45) is 0 Å². The van der Waals surface area contributed by atoms with Crippen molar-refractivity contribution >= 4 is 46.8 Å². The van der Waals surface area contributed by atoms with Crippen LogP contribution in [0.2, 0.25) is 0 Å². The van der Waals surface area contributed by atoms with E-state index < -0.39 is 50.7 Å². The number of fused-ring (bicyclic) bond motifs is 1. The fourth-order valence-corrected chi connectivity index (χ4v) is 3.89. The van der Waals surface area contributed by atoms with Gasteiger partial charge in [0.1, 0.15) is 15.0 Å². The van der Waals surface area contributed by atoms with Crippen molar-refractivity contribution in [3.05, 3.63) is 24.3 Å². The minimum absolute atomic E-state index is 0. The van der Waals surface area contributed by atoms with Crippen LogP contribution in [0.15, 0.2) is 39.0 Å². The molecule has 0 saturated heterocycles. The number of hydrogen-bond acceptors (Lipinski definition) is 8. The van der Waals surface area contributed by atoms with Gasteiger partial charge in [0.05, 0.1) is 9.79 Å². The molecule has 0 fully saturated rings. The number of nitrogens with two attached hydrogens (primary N) is 1. The molecule has 0 aromatic heterocycles. The van der Waals surface area contributed by atoms with Gasteiger partial charge in [-0.3, -0.25) is 9.11 Å². The van der Waals surface area contributed by atoms with Crippen molar-refractivity contribution < 1.29 is 90.3 Å². The summed E-state index contributed by atoms with van der Waals surface area (Å²) in [6.45, 7) is 0. The van der Waals surface area contributed by atoms with Crippen LogP contribution in [0.3, 0.4) is 0 Å². The van der Waals surface area contributed by atoms with Crippen molar-refractivity contribution in [2.45, 2.75) is 14.7 Å². The SMILES string of the molecule is Nc1cc2c(S(=O)(=O)O)cc(S(=O)(=O)O)cc2cc1S(=O)(=O)[O-].[K+]. The topological polar surface area (TPSA) is 192 Å². The summed E-state index contributed by atoms with van der Waals surface area (Å²) < 4.78 is 96.6. The standard InChI is InChI=1S/C10H9NO9S3.K/c11-8-4-7-5(2-10(8)23(18,19)20)1-6(21(12,13)14)3-9(7)22(15,16)17;/h1-4H,11H2,(H,12,13,14)(H,15,16,17)(H,18,19,20);/q;+1/p-1. The second-order valence-corrected chi connectivity index (χ2v) is 8.60. The third-order valence-corrected chi connectivity index (χ3v) is 5.48. The Bertz CT molecular complexity index is 1140. The molecule has 4 N–H and O–H groups in total. The van der Waals surface area contributed by atoms with Crippen LogP contribution in [0.1, 0.15) is 0 Å². The third kappa shape index (κ3) is 4.53. The van der Waals surface area contributed by atoms with Gasteiger partial charge in [0.2, 0.25) is 0 Å². The molecular weight excluding hydrogens is 413 g/mol. The first-order valence-electron chi connectivity index (χ1n) is 5.49. The molecule has 10 nitrogen and oxygen atoms in total. The molecule has 0 heterocycles. The van der Waals surface area contributed by atoms with E-state index in [1.165, 1.54) is 0 Å². The molecule has 2 aromatic rings. The summed E-state index contributed by atoms with van der Waals surface area (Å²) in [4.78, 5) is -2.75. The molecule has 0 radical (unpaired) electrons. The molecule has 2 aromatic carbocycles. The number of nitrogen functional groups attached to an aromatic ring is 1. The van der Waals surface area contributed by atoms with E-state index in [1.54, 1.807) is 0 Å². The Labute approximate surface area is 179 Å². The monoisotopic (exact) mass is 421 g/mol. The van der Waals surface area contributed by atoms with Gasteiger partial charge in [0, 0.05) is 11.1 Å².